The second-order valence-corrected chi connectivity index (χ2v) is 4.72. The fraction of sp³-hybridized carbons (Fsp3) is 0. The molecule has 0 saturated heterocycles. The summed E-state index contributed by atoms with van der Waals surface area (Å²) >= 11 is 14.8. The molecule has 0 atom stereocenters. The fourth-order valence-corrected chi connectivity index (χ4v) is 1.91. The van der Waals surface area contributed by atoms with E-state index in [1.54, 1.807) is 6.07 Å². The van der Waals surface area contributed by atoms with Crippen LogP contribution in [0.15, 0.2) is 28.7 Å². The van der Waals surface area contributed by atoms with E-state index in [0.717, 1.165) is 0 Å². The molecule has 0 unspecified atom stereocenters. The third-order valence-corrected chi connectivity index (χ3v) is 3.04. The molecule has 0 spiro atoms. The summed E-state index contributed by atoms with van der Waals surface area (Å²) in [6.07, 6.45) is 0. The predicted molar refractivity (Wildman–Crippen MR) is 69.4 cm³/mol. The molecule has 0 aliphatic carbocycles. The molecule has 0 saturated carbocycles. The van der Waals surface area contributed by atoms with E-state index in [4.69, 9.17) is 23.2 Å². The summed E-state index contributed by atoms with van der Waals surface area (Å²) in [6.45, 7) is 0. The molecule has 7 heteroatoms. The van der Waals surface area contributed by atoms with E-state index in [0.29, 0.717) is 15.8 Å². The molecule has 2 aromatic rings. The Balaban J connectivity index is 2.34. The Labute approximate surface area is 115 Å². The van der Waals surface area contributed by atoms with E-state index < -0.39 is 0 Å². The number of anilines is 2. The molecule has 0 amide bonds. The molecule has 0 radical (unpaired) electrons. The van der Waals surface area contributed by atoms with Gasteiger partial charge in [-0.15, -0.1) is 10.2 Å². The van der Waals surface area contributed by atoms with Crippen LogP contribution in [0.3, 0.4) is 0 Å². The van der Waals surface area contributed by atoms with Gasteiger partial charge in [0.15, 0.2) is 10.3 Å². The second-order valence-electron chi connectivity index (χ2n) is 3.12. The Kier molecular flexibility index (Phi) is 3.81. The molecule has 1 N–H and O–H groups in total. The van der Waals surface area contributed by atoms with Gasteiger partial charge in [0, 0.05) is 10.5 Å². The van der Waals surface area contributed by atoms with E-state index in [2.05, 4.69) is 31.4 Å². The maximum Gasteiger partial charge on any atom is 0.175 e. The summed E-state index contributed by atoms with van der Waals surface area (Å²) in [5.41, 5.74) is 1.15. The Bertz CT molecular complexity index is 565. The highest BCUT2D eigenvalue weighted by Gasteiger charge is 2.07. The monoisotopic (exact) mass is 335 g/mol. The summed E-state index contributed by atoms with van der Waals surface area (Å²) in [5.74, 6) is -0.334. The van der Waals surface area contributed by atoms with Crippen LogP contribution < -0.4 is 5.32 Å². The lowest BCUT2D eigenvalue weighted by molar-refractivity contribution is 0.627. The first kappa shape index (κ1) is 12.5. The van der Waals surface area contributed by atoms with Crippen molar-refractivity contribution in [3.8, 4) is 0 Å². The molecule has 1 aromatic carbocycles. The van der Waals surface area contributed by atoms with Crippen molar-refractivity contribution in [1.82, 2.24) is 10.2 Å². The largest absolute Gasteiger partial charge is 0.352 e. The van der Waals surface area contributed by atoms with Crippen LogP contribution >= 0.6 is 39.1 Å². The molecule has 0 aliphatic rings. The Morgan fingerprint density at radius 3 is 2.59 bits per heavy atom. The molecular formula is C10H5BrCl2FN3. The highest BCUT2D eigenvalue weighted by molar-refractivity contribution is 9.10. The average Bonchev–Trinajstić information content (AvgIpc) is 2.27. The lowest BCUT2D eigenvalue weighted by Crippen LogP contribution is -1.96. The summed E-state index contributed by atoms with van der Waals surface area (Å²) in [7, 11) is 0. The van der Waals surface area contributed by atoms with E-state index in [1.807, 2.05) is 0 Å². The summed E-state index contributed by atoms with van der Waals surface area (Å²) < 4.78 is 13.5. The number of nitrogens with zero attached hydrogens (tertiary/aromatic N) is 2. The molecule has 0 aliphatic heterocycles. The predicted octanol–water partition coefficient (Wildman–Crippen LogP) is 4.43. The summed E-state index contributed by atoms with van der Waals surface area (Å²) in [6, 6.07) is 5.78. The van der Waals surface area contributed by atoms with Crippen molar-refractivity contribution < 1.29 is 4.39 Å². The number of hydrogen-bond acceptors (Lipinski definition) is 3. The number of aromatic nitrogens is 2. The minimum atomic E-state index is -0.334. The van der Waals surface area contributed by atoms with Gasteiger partial charge in [-0.2, -0.15) is 0 Å². The SMILES string of the molecule is Fc1ccc(Nc2cc(Cl)nnc2Cl)c(Br)c1. The minimum Gasteiger partial charge on any atom is -0.352 e. The van der Waals surface area contributed by atoms with Crippen molar-refractivity contribution in [3.63, 3.8) is 0 Å². The second kappa shape index (κ2) is 5.16. The maximum atomic E-state index is 12.9. The number of benzene rings is 1. The van der Waals surface area contributed by atoms with Crippen LogP contribution in [0.2, 0.25) is 10.3 Å². The van der Waals surface area contributed by atoms with Crippen molar-refractivity contribution in [1.29, 1.82) is 0 Å². The molecular weight excluding hydrogens is 332 g/mol. The fourth-order valence-electron chi connectivity index (χ4n) is 1.18. The van der Waals surface area contributed by atoms with Crippen molar-refractivity contribution in [2.24, 2.45) is 0 Å². The summed E-state index contributed by atoms with van der Waals surface area (Å²) in [4.78, 5) is 0. The van der Waals surface area contributed by atoms with Gasteiger partial charge in [0.1, 0.15) is 5.82 Å². The van der Waals surface area contributed by atoms with Gasteiger partial charge in [-0.25, -0.2) is 4.39 Å². The van der Waals surface area contributed by atoms with E-state index in [9.17, 15) is 4.39 Å². The van der Waals surface area contributed by atoms with Gasteiger partial charge in [-0.1, -0.05) is 23.2 Å². The third kappa shape index (κ3) is 3.06. The molecule has 2 rings (SSSR count). The molecule has 17 heavy (non-hydrogen) atoms. The smallest absolute Gasteiger partial charge is 0.175 e. The van der Waals surface area contributed by atoms with Gasteiger partial charge >= 0.3 is 0 Å². The maximum absolute atomic E-state index is 12.9. The average molecular weight is 337 g/mol. The molecule has 3 nitrogen and oxygen atoms in total. The number of rotatable bonds is 2. The Hall–Kier alpha value is -0.910. The van der Waals surface area contributed by atoms with Gasteiger partial charge in [0.2, 0.25) is 0 Å². The van der Waals surface area contributed by atoms with Gasteiger partial charge in [-0.05, 0) is 34.1 Å². The van der Waals surface area contributed by atoms with Gasteiger partial charge in [-0.3, -0.25) is 0 Å². The zero-order valence-electron chi connectivity index (χ0n) is 8.22. The Morgan fingerprint density at radius 2 is 1.88 bits per heavy atom. The number of hydrogen-bond donors (Lipinski definition) is 1. The topological polar surface area (TPSA) is 37.8 Å². The van der Waals surface area contributed by atoms with Crippen LogP contribution in [-0.2, 0) is 0 Å². The number of halogens is 4. The van der Waals surface area contributed by atoms with Crippen LogP contribution in [0.4, 0.5) is 15.8 Å². The van der Waals surface area contributed by atoms with Crippen molar-refractivity contribution in [2.45, 2.75) is 0 Å². The third-order valence-electron chi connectivity index (χ3n) is 1.92. The van der Waals surface area contributed by atoms with Gasteiger partial charge in [0.05, 0.1) is 11.4 Å². The quantitative estimate of drug-likeness (QED) is 0.881. The standard InChI is InChI=1S/C10H5BrCl2FN3/c11-6-3-5(14)1-2-7(6)15-8-4-9(12)16-17-10(8)13/h1-4H,(H,15,16). The van der Waals surface area contributed by atoms with E-state index in [-0.39, 0.29) is 16.1 Å². The molecule has 88 valence electrons. The lowest BCUT2D eigenvalue weighted by Gasteiger charge is -2.09. The molecule has 1 aromatic heterocycles. The first-order valence-electron chi connectivity index (χ1n) is 4.47. The highest BCUT2D eigenvalue weighted by atomic mass is 79.9. The normalized spacial score (nSPS) is 10.4. The van der Waals surface area contributed by atoms with Crippen LogP contribution in [0.25, 0.3) is 0 Å². The molecule has 1 heterocycles. The first-order valence-corrected chi connectivity index (χ1v) is 6.02. The minimum absolute atomic E-state index is 0.186. The molecule has 0 fully saturated rings. The highest BCUT2D eigenvalue weighted by Crippen LogP contribution is 2.29. The van der Waals surface area contributed by atoms with Crippen molar-refractivity contribution in [3.05, 3.63) is 44.9 Å². The Morgan fingerprint density at radius 1 is 1.12 bits per heavy atom. The van der Waals surface area contributed by atoms with Crippen LogP contribution in [0.5, 0.6) is 0 Å². The van der Waals surface area contributed by atoms with E-state index in [1.165, 1.54) is 18.2 Å². The lowest BCUT2D eigenvalue weighted by atomic mass is 10.3. The van der Waals surface area contributed by atoms with Gasteiger partial charge in [0.25, 0.3) is 0 Å². The van der Waals surface area contributed by atoms with Crippen LogP contribution in [0, 0.1) is 5.82 Å². The van der Waals surface area contributed by atoms with Gasteiger partial charge < -0.3 is 5.32 Å². The van der Waals surface area contributed by atoms with Crippen molar-refractivity contribution >= 4 is 50.5 Å². The zero-order chi connectivity index (χ0) is 12.4. The summed E-state index contributed by atoms with van der Waals surface area (Å²) in [5, 5.41) is 10.6. The first-order chi connectivity index (χ1) is 8.06. The van der Waals surface area contributed by atoms with Crippen LogP contribution in [-0.4, -0.2) is 10.2 Å². The molecule has 0 bridgehead atoms. The van der Waals surface area contributed by atoms with E-state index >= 15 is 0 Å². The zero-order valence-corrected chi connectivity index (χ0v) is 11.3. The van der Waals surface area contributed by atoms with Crippen molar-refractivity contribution in [2.75, 3.05) is 5.32 Å². The van der Waals surface area contributed by atoms with Crippen LogP contribution in [0.1, 0.15) is 0 Å². The number of nitrogens with one attached hydrogen (secondary N) is 1.